The number of fused-ring (bicyclic) bond motifs is 1. The largest absolute Gasteiger partial charge is 0.358 e. The molecule has 3 nitrogen and oxygen atoms in total. The van der Waals surface area contributed by atoms with Gasteiger partial charge in [0.05, 0.1) is 15.7 Å². The molecule has 0 spiro atoms. The molecule has 96 valence electrons. The van der Waals surface area contributed by atoms with Crippen molar-refractivity contribution in [2.45, 2.75) is 6.92 Å². The van der Waals surface area contributed by atoms with Crippen LogP contribution in [0.15, 0.2) is 24.4 Å². The monoisotopic (exact) mass is 311 g/mol. The maximum absolute atomic E-state index is 6.08. The van der Waals surface area contributed by atoms with E-state index in [2.05, 4.69) is 15.0 Å². The van der Waals surface area contributed by atoms with Crippen LogP contribution in [0.2, 0.25) is 15.3 Å². The third kappa shape index (κ3) is 2.18. The predicted molar refractivity (Wildman–Crippen MR) is 79.1 cm³/mol. The molecule has 1 aromatic carbocycles. The molecule has 0 bridgehead atoms. The van der Waals surface area contributed by atoms with E-state index in [9.17, 15) is 0 Å². The van der Waals surface area contributed by atoms with Gasteiger partial charge < -0.3 is 4.98 Å². The molecule has 0 amide bonds. The summed E-state index contributed by atoms with van der Waals surface area (Å²) < 4.78 is 0. The minimum Gasteiger partial charge on any atom is -0.358 e. The SMILES string of the molecule is Cc1[nH]c2cc(Cl)c(Cl)cc2c1-c1ccnc(Cl)n1. The molecule has 0 aliphatic heterocycles. The van der Waals surface area contributed by atoms with Crippen LogP contribution >= 0.6 is 34.8 Å². The van der Waals surface area contributed by atoms with Crippen molar-refractivity contribution in [3.8, 4) is 11.3 Å². The lowest BCUT2D eigenvalue weighted by molar-refractivity contribution is 1.17. The number of benzene rings is 1. The molecule has 2 heterocycles. The molecule has 1 N–H and O–H groups in total. The van der Waals surface area contributed by atoms with Crippen molar-refractivity contribution in [2.24, 2.45) is 0 Å². The van der Waals surface area contributed by atoms with Gasteiger partial charge in [-0.2, -0.15) is 0 Å². The lowest BCUT2D eigenvalue weighted by Crippen LogP contribution is -1.87. The highest BCUT2D eigenvalue weighted by Crippen LogP contribution is 2.35. The number of H-pyrrole nitrogens is 1. The van der Waals surface area contributed by atoms with E-state index in [0.717, 1.165) is 27.9 Å². The smallest absolute Gasteiger partial charge is 0.222 e. The number of nitrogens with zero attached hydrogens (tertiary/aromatic N) is 2. The first kappa shape index (κ1) is 12.7. The van der Waals surface area contributed by atoms with Crippen LogP contribution in [-0.2, 0) is 0 Å². The van der Waals surface area contributed by atoms with Gasteiger partial charge in [0.1, 0.15) is 0 Å². The van der Waals surface area contributed by atoms with Gasteiger partial charge in [-0.05, 0) is 36.7 Å². The van der Waals surface area contributed by atoms with Crippen molar-refractivity contribution >= 4 is 45.7 Å². The number of nitrogens with one attached hydrogen (secondary N) is 1. The van der Waals surface area contributed by atoms with Gasteiger partial charge in [-0.25, -0.2) is 9.97 Å². The molecule has 0 radical (unpaired) electrons. The van der Waals surface area contributed by atoms with Crippen molar-refractivity contribution < 1.29 is 0 Å². The maximum atomic E-state index is 6.08. The summed E-state index contributed by atoms with van der Waals surface area (Å²) in [5.74, 6) is 0. The Morgan fingerprint density at radius 3 is 2.58 bits per heavy atom. The standard InChI is InChI=1S/C13H8Cl3N3/c1-6-12(10-2-3-17-13(16)19-10)7-4-8(14)9(15)5-11(7)18-6/h2-5,18H,1H3. The molecule has 3 aromatic rings. The van der Waals surface area contributed by atoms with Gasteiger partial charge in [-0.15, -0.1) is 0 Å². The van der Waals surface area contributed by atoms with Gasteiger partial charge in [-0.1, -0.05) is 23.2 Å². The van der Waals surface area contributed by atoms with Crippen molar-refractivity contribution in [1.29, 1.82) is 0 Å². The fourth-order valence-corrected chi connectivity index (χ4v) is 2.60. The summed E-state index contributed by atoms with van der Waals surface area (Å²) in [7, 11) is 0. The molecule has 0 saturated heterocycles. The van der Waals surface area contributed by atoms with Gasteiger partial charge in [0.15, 0.2) is 0 Å². The van der Waals surface area contributed by atoms with Crippen LogP contribution < -0.4 is 0 Å². The number of aromatic nitrogens is 3. The molecule has 0 saturated carbocycles. The van der Waals surface area contributed by atoms with E-state index in [0.29, 0.717) is 10.0 Å². The van der Waals surface area contributed by atoms with E-state index in [1.807, 2.05) is 19.1 Å². The van der Waals surface area contributed by atoms with Crippen LogP contribution in [0.5, 0.6) is 0 Å². The molecule has 0 atom stereocenters. The van der Waals surface area contributed by atoms with E-state index in [1.165, 1.54) is 0 Å². The highest BCUT2D eigenvalue weighted by molar-refractivity contribution is 6.43. The van der Waals surface area contributed by atoms with Gasteiger partial charge in [0.25, 0.3) is 0 Å². The van der Waals surface area contributed by atoms with Gasteiger partial charge in [-0.3, -0.25) is 0 Å². The average molecular weight is 313 g/mol. The zero-order chi connectivity index (χ0) is 13.6. The summed E-state index contributed by atoms with van der Waals surface area (Å²) >= 11 is 17.9. The molecule has 0 fully saturated rings. The molecule has 2 aromatic heterocycles. The predicted octanol–water partition coefficient (Wildman–Crippen LogP) is 4.89. The first-order valence-corrected chi connectivity index (χ1v) is 6.66. The zero-order valence-electron chi connectivity index (χ0n) is 9.84. The fraction of sp³-hybridized carbons (Fsp3) is 0.0769. The number of hydrogen-bond donors (Lipinski definition) is 1. The molecular formula is C13H8Cl3N3. The number of rotatable bonds is 1. The molecular weight excluding hydrogens is 305 g/mol. The van der Waals surface area contributed by atoms with Crippen molar-refractivity contribution in [1.82, 2.24) is 15.0 Å². The van der Waals surface area contributed by atoms with Gasteiger partial charge >= 0.3 is 0 Å². The lowest BCUT2D eigenvalue weighted by Gasteiger charge is -2.02. The second kappa shape index (κ2) is 4.67. The molecule has 3 rings (SSSR count). The molecule has 0 aliphatic rings. The van der Waals surface area contributed by atoms with Crippen LogP contribution in [0.1, 0.15) is 5.69 Å². The first-order valence-electron chi connectivity index (χ1n) is 5.52. The molecule has 19 heavy (non-hydrogen) atoms. The van der Waals surface area contributed by atoms with Crippen LogP contribution in [0.4, 0.5) is 0 Å². The lowest BCUT2D eigenvalue weighted by atomic mass is 10.1. The highest BCUT2D eigenvalue weighted by atomic mass is 35.5. The van der Waals surface area contributed by atoms with Crippen LogP contribution in [0, 0.1) is 6.92 Å². The third-order valence-corrected chi connectivity index (χ3v) is 3.81. The average Bonchev–Trinajstić information content (AvgIpc) is 2.65. The summed E-state index contributed by atoms with van der Waals surface area (Å²) in [6.45, 7) is 1.97. The van der Waals surface area contributed by atoms with Crippen molar-refractivity contribution in [3.05, 3.63) is 45.4 Å². The number of halogens is 3. The van der Waals surface area contributed by atoms with Crippen molar-refractivity contribution in [2.75, 3.05) is 0 Å². The van der Waals surface area contributed by atoms with E-state index >= 15 is 0 Å². The zero-order valence-corrected chi connectivity index (χ0v) is 12.1. The number of aryl methyl sites for hydroxylation is 1. The Labute approximate surface area is 124 Å². The summed E-state index contributed by atoms with van der Waals surface area (Å²) in [4.78, 5) is 11.4. The summed E-state index contributed by atoms with van der Waals surface area (Å²) in [5.41, 5.74) is 3.60. The molecule has 0 aliphatic carbocycles. The third-order valence-electron chi connectivity index (χ3n) is 2.91. The summed E-state index contributed by atoms with van der Waals surface area (Å²) in [6, 6.07) is 5.44. The number of hydrogen-bond acceptors (Lipinski definition) is 2. The minimum atomic E-state index is 0.214. The van der Waals surface area contributed by atoms with E-state index in [-0.39, 0.29) is 5.28 Å². The Hall–Kier alpha value is -1.29. The van der Waals surface area contributed by atoms with E-state index in [1.54, 1.807) is 12.3 Å². The second-order valence-electron chi connectivity index (χ2n) is 4.15. The molecule has 0 unspecified atom stereocenters. The van der Waals surface area contributed by atoms with Crippen LogP contribution in [0.25, 0.3) is 22.2 Å². The Kier molecular flexibility index (Phi) is 3.13. The normalized spacial score (nSPS) is 11.2. The Morgan fingerprint density at radius 2 is 1.84 bits per heavy atom. The topological polar surface area (TPSA) is 41.6 Å². The summed E-state index contributed by atoms with van der Waals surface area (Å²) in [5, 5.41) is 2.20. The highest BCUT2D eigenvalue weighted by Gasteiger charge is 2.14. The van der Waals surface area contributed by atoms with Crippen molar-refractivity contribution in [3.63, 3.8) is 0 Å². The van der Waals surface area contributed by atoms with E-state index in [4.69, 9.17) is 34.8 Å². The Morgan fingerprint density at radius 1 is 1.11 bits per heavy atom. The number of aromatic amines is 1. The van der Waals surface area contributed by atoms with Gasteiger partial charge in [0, 0.05) is 28.4 Å². The van der Waals surface area contributed by atoms with Crippen LogP contribution in [-0.4, -0.2) is 15.0 Å². The Bertz CT molecular complexity index is 780. The first-order chi connectivity index (χ1) is 9.06. The van der Waals surface area contributed by atoms with E-state index < -0.39 is 0 Å². The summed E-state index contributed by atoms with van der Waals surface area (Å²) in [6.07, 6.45) is 1.63. The molecule has 6 heteroatoms. The maximum Gasteiger partial charge on any atom is 0.222 e. The fourth-order valence-electron chi connectivity index (χ4n) is 2.13. The van der Waals surface area contributed by atoms with Crippen LogP contribution in [0.3, 0.4) is 0 Å². The second-order valence-corrected chi connectivity index (χ2v) is 5.30. The Balaban J connectivity index is 2.34. The minimum absolute atomic E-state index is 0.214. The quantitative estimate of drug-likeness (QED) is 0.650. The van der Waals surface area contributed by atoms with Gasteiger partial charge in [0.2, 0.25) is 5.28 Å².